The number of carbonyl (C=O) groups is 2. The molecule has 0 bridgehead atoms. The van der Waals surface area contributed by atoms with Crippen LogP contribution in [-0.4, -0.2) is 25.1 Å². The minimum Gasteiger partial charge on any atom is -0.495 e. The molecular weight excluding hydrogens is 338 g/mol. The second-order valence-corrected chi connectivity index (χ2v) is 7.04. The highest BCUT2D eigenvalue weighted by molar-refractivity contribution is 7.14. The molecule has 0 saturated carbocycles. The minimum absolute atomic E-state index is 0.402. The van der Waals surface area contributed by atoms with Crippen molar-refractivity contribution < 1.29 is 19.1 Å². The fourth-order valence-electron chi connectivity index (χ4n) is 2.40. The molecule has 0 fully saturated rings. The van der Waals surface area contributed by atoms with Crippen LogP contribution in [0.2, 0.25) is 0 Å². The zero-order valence-corrected chi connectivity index (χ0v) is 16.0. The maximum atomic E-state index is 12.3. The van der Waals surface area contributed by atoms with Gasteiger partial charge in [-0.2, -0.15) is 0 Å². The largest absolute Gasteiger partial charge is 0.495 e. The van der Waals surface area contributed by atoms with Crippen LogP contribution in [0.4, 0.5) is 5.69 Å². The minimum atomic E-state index is -0.912. The highest BCUT2D eigenvalue weighted by Crippen LogP contribution is 2.26. The van der Waals surface area contributed by atoms with Crippen LogP contribution in [-0.2, 0) is 16.0 Å². The van der Waals surface area contributed by atoms with Crippen LogP contribution < -0.4 is 10.1 Å². The van der Waals surface area contributed by atoms with Gasteiger partial charge in [0.25, 0.3) is 5.91 Å². The zero-order chi connectivity index (χ0) is 18.6. The van der Waals surface area contributed by atoms with Gasteiger partial charge in [-0.1, -0.05) is 13.0 Å². The normalized spacial score (nSPS) is 11.7. The first-order valence-electron chi connectivity index (χ1n) is 8.11. The van der Waals surface area contributed by atoms with Gasteiger partial charge in [-0.25, -0.2) is 4.79 Å². The van der Waals surface area contributed by atoms with Gasteiger partial charge in [0, 0.05) is 4.88 Å². The van der Waals surface area contributed by atoms with Crippen molar-refractivity contribution in [1.29, 1.82) is 0 Å². The molecule has 2 aromatic rings. The molecule has 2 rings (SSSR count). The average molecular weight is 361 g/mol. The Morgan fingerprint density at radius 2 is 1.96 bits per heavy atom. The number of carbonyl (C=O) groups excluding carboxylic acids is 2. The Morgan fingerprint density at radius 1 is 1.24 bits per heavy atom. The second-order valence-electron chi connectivity index (χ2n) is 5.79. The van der Waals surface area contributed by atoms with E-state index in [0.717, 1.165) is 22.4 Å². The van der Waals surface area contributed by atoms with E-state index in [1.165, 1.54) is 18.4 Å². The lowest BCUT2D eigenvalue weighted by Gasteiger charge is -2.15. The first-order valence-corrected chi connectivity index (χ1v) is 8.93. The summed E-state index contributed by atoms with van der Waals surface area (Å²) in [7, 11) is 1.54. The van der Waals surface area contributed by atoms with Gasteiger partial charge in [0.15, 0.2) is 6.10 Å². The lowest BCUT2D eigenvalue weighted by molar-refractivity contribution is -0.123. The van der Waals surface area contributed by atoms with Crippen molar-refractivity contribution in [1.82, 2.24) is 0 Å². The van der Waals surface area contributed by atoms with Crippen LogP contribution in [0.15, 0.2) is 24.3 Å². The molecule has 0 aliphatic rings. The molecule has 5 nitrogen and oxygen atoms in total. The predicted molar refractivity (Wildman–Crippen MR) is 99.7 cm³/mol. The van der Waals surface area contributed by atoms with Crippen molar-refractivity contribution in [3.8, 4) is 5.75 Å². The molecule has 1 N–H and O–H groups in total. The van der Waals surface area contributed by atoms with Crippen LogP contribution in [0.1, 0.15) is 39.5 Å². The number of benzene rings is 1. The summed E-state index contributed by atoms with van der Waals surface area (Å²) in [6, 6.07) is 7.31. The van der Waals surface area contributed by atoms with Gasteiger partial charge in [0.1, 0.15) is 10.6 Å². The maximum Gasteiger partial charge on any atom is 0.349 e. The van der Waals surface area contributed by atoms with Crippen molar-refractivity contribution in [2.45, 2.75) is 40.2 Å². The topological polar surface area (TPSA) is 64.6 Å². The van der Waals surface area contributed by atoms with Crippen molar-refractivity contribution in [2.24, 2.45) is 0 Å². The average Bonchev–Trinajstić information content (AvgIpc) is 2.96. The zero-order valence-electron chi connectivity index (χ0n) is 15.1. The van der Waals surface area contributed by atoms with Crippen molar-refractivity contribution in [2.75, 3.05) is 12.4 Å². The standard InChI is InChI=1S/C19H23NO4S/c1-6-14-10-17(25-13(14)4)19(22)24-12(3)18(21)20-15-9-11(2)7-8-16(15)23-5/h7-10,12H,6H2,1-5H3,(H,20,21)/t12-/m0/s1. The van der Waals surface area contributed by atoms with E-state index in [2.05, 4.69) is 5.32 Å². The van der Waals surface area contributed by atoms with Gasteiger partial charge >= 0.3 is 5.97 Å². The summed E-state index contributed by atoms with van der Waals surface area (Å²) < 4.78 is 10.5. The van der Waals surface area contributed by atoms with E-state index in [9.17, 15) is 9.59 Å². The number of esters is 1. The number of aryl methyl sites for hydroxylation is 3. The van der Waals surface area contributed by atoms with Gasteiger partial charge in [-0.05, 0) is 56.5 Å². The second kappa shape index (κ2) is 8.16. The Morgan fingerprint density at radius 3 is 2.56 bits per heavy atom. The molecule has 1 heterocycles. The Kier molecular flexibility index (Phi) is 6.20. The van der Waals surface area contributed by atoms with Gasteiger partial charge in [0.2, 0.25) is 0 Å². The number of thiophene rings is 1. The van der Waals surface area contributed by atoms with Gasteiger partial charge in [-0.3, -0.25) is 4.79 Å². The molecular formula is C19H23NO4S. The third kappa shape index (κ3) is 4.60. The summed E-state index contributed by atoms with van der Waals surface area (Å²) in [6.45, 7) is 7.48. The molecule has 0 unspecified atom stereocenters. The van der Waals surface area contributed by atoms with Crippen LogP contribution in [0.3, 0.4) is 0 Å². The van der Waals surface area contributed by atoms with E-state index in [1.807, 2.05) is 32.9 Å². The van der Waals surface area contributed by atoms with Gasteiger partial charge in [0.05, 0.1) is 12.8 Å². The number of hydrogen-bond acceptors (Lipinski definition) is 5. The lowest BCUT2D eigenvalue weighted by atomic mass is 10.2. The molecule has 134 valence electrons. The molecule has 1 atom stereocenters. The molecule has 0 spiro atoms. The molecule has 1 aromatic heterocycles. The number of rotatable bonds is 6. The highest BCUT2D eigenvalue weighted by atomic mass is 32.1. The third-order valence-electron chi connectivity index (χ3n) is 3.87. The Bertz CT molecular complexity index is 782. The molecule has 1 amide bonds. The summed E-state index contributed by atoms with van der Waals surface area (Å²) in [4.78, 5) is 26.2. The Labute approximate surface area is 152 Å². The Balaban J connectivity index is 2.05. The van der Waals surface area contributed by atoms with Crippen molar-refractivity contribution >= 4 is 28.9 Å². The van der Waals surface area contributed by atoms with Crippen LogP contribution in [0, 0.1) is 13.8 Å². The lowest BCUT2D eigenvalue weighted by Crippen LogP contribution is -2.30. The Hall–Kier alpha value is -2.34. The number of methoxy groups -OCH3 is 1. The van der Waals surface area contributed by atoms with Gasteiger partial charge < -0.3 is 14.8 Å². The first kappa shape index (κ1) is 19.0. The van der Waals surface area contributed by atoms with E-state index >= 15 is 0 Å². The van der Waals surface area contributed by atoms with Crippen molar-refractivity contribution in [3.05, 3.63) is 45.1 Å². The molecule has 0 radical (unpaired) electrons. The molecule has 0 aliphatic carbocycles. The number of hydrogen-bond donors (Lipinski definition) is 1. The molecule has 6 heteroatoms. The molecule has 1 aromatic carbocycles. The predicted octanol–water partition coefficient (Wildman–Crippen LogP) is 4.12. The fraction of sp³-hybridized carbons (Fsp3) is 0.368. The molecule has 25 heavy (non-hydrogen) atoms. The SMILES string of the molecule is CCc1cc(C(=O)O[C@@H](C)C(=O)Nc2cc(C)ccc2OC)sc1C. The van der Waals surface area contributed by atoms with Crippen LogP contribution in [0.25, 0.3) is 0 Å². The summed E-state index contributed by atoms with van der Waals surface area (Å²) in [5, 5.41) is 2.75. The van der Waals surface area contributed by atoms with E-state index in [1.54, 1.807) is 19.1 Å². The first-order chi connectivity index (χ1) is 11.8. The third-order valence-corrected chi connectivity index (χ3v) is 4.94. The fourth-order valence-corrected chi connectivity index (χ4v) is 3.39. The molecule has 0 saturated heterocycles. The van der Waals surface area contributed by atoms with Crippen LogP contribution >= 0.6 is 11.3 Å². The monoisotopic (exact) mass is 361 g/mol. The van der Waals surface area contributed by atoms with Crippen molar-refractivity contribution in [3.63, 3.8) is 0 Å². The summed E-state index contributed by atoms with van der Waals surface area (Å²) in [5.41, 5.74) is 2.66. The van der Waals surface area contributed by atoms with Gasteiger partial charge in [-0.15, -0.1) is 11.3 Å². The highest BCUT2D eigenvalue weighted by Gasteiger charge is 2.21. The number of anilines is 1. The molecule has 0 aliphatic heterocycles. The van der Waals surface area contributed by atoms with E-state index < -0.39 is 18.0 Å². The van der Waals surface area contributed by atoms with Crippen LogP contribution in [0.5, 0.6) is 5.75 Å². The number of amides is 1. The summed E-state index contributed by atoms with van der Waals surface area (Å²) >= 11 is 1.39. The number of nitrogens with one attached hydrogen (secondary N) is 1. The maximum absolute atomic E-state index is 12.3. The summed E-state index contributed by atoms with van der Waals surface area (Å²) in [6.07, 6.45) is -0.0519. The summed E-state index contributed by atoms with van der Waals surface area (Å²) in [5.74, 6) is -0.327. The smallest absolute Gasteiger partial charge is 0.349 e. The number of ether oxygens (including phenoxy) is 2. The van der Waals surface area contributed by atoms with E-state index in [-0.39, 0.29) is 0 Å². The van der Waals surface area contributed by atoms with E-state index in [4.69, 9.17) is 9.47 Å². The van der Waals surface area contributed by atoms with E-state index in [0.29, 0.717) is 16.3 Å². The quantitative estimate of drug-likeness (QED) is 0.786.